The van der Waals surface area contributed by atoms with Gasteiger partial charge in [0.05, 0.1) is 6.54 Å². The van der Waals surface area contributed by atoms with E-state index in [2.05, 4.69) is 11.1 Å². The Bertz CT molecular complexity index is 455. The lowest BCUT2D eigenvalue weighted by Gasteiger charge is -1.94. The first-order chi connectivity index (χ1) is 7.82. The second-order valence-electron chi connectivity index (χ2n) is 3.16. The molecule has 0 fully saturated rings. The maximum absolute atomic E-state index is 10.6. The van der Waals surface area contributed by atoms with Crippen LogP contribution in [-0.2, 0) is 11.3 Å². The molecule has 0 amide bonds. The van der Waals surface area contributed by atoms with E-state index in [-0.39, 0.29) is 0 Å². The van der Waals surface area contributed by atoms with Gasteiger partial charge >= 0.3 is 12.1 Å². The summed E-state index contributed by atoms with van der Waals surface area (Å²) in [5, 5.41) is 7.12. The molecule has 1 aliphatic heterocycles. The van der Waals surface area contributed by atoms with Gasteiger partial charge in [-0.25, -0.2) is 4.79 Å². The molecule has 1 aromatic rings. The third-order valence-corrected chi connectivity index (χ3v) is 1.96. The molecule has 0 saturated carbocycles. The van der Waals surface area contributed by atoms with Gasteiger partial charge in [0, 0.05) is 5.56 Å². The Hall–Kier alpha value is -2.05. The van der Waals surface area contributed by atoms with E-state index >= 15 is 0 Å². The van der Waals surface area contributed by atoms with E-state index in [1.54, 1.807) is 0 Å². The number of fused-ring (bicyclic) bond motifs is 1. The van der Waals surface area contributed by atoms with Crippen molar-refractivity contribution in [3.63, 3.8) is 0 Å². The van der Waals surface area contributed by atoms with Gasteiger partial charge in [-0.1, -0.05) is 24.3 Å². The standard InChI is InChI=1S/C8H8N2.C2HF3O2/c9-8-7-4-2-1-3-6(7)5-10-8;3-2(4,5)1(6)7/h1-4H,5H2,(H2,9,10);(H,6,7). The van der Waals surface area contributed by atoms with Crippen molar-refractivity contribution < 1.29 is 23.1 Å². The highest BCUT2D eigenvalue weighted by molar-refractivity contribution is 6.00. The molecule has 0 unspecified atom stereocenters. The van der Waals surface area contributed by atoms with Crippen molar-refractivity contribution >= 4 is 11.8 Å². The first-order valence-electron chi connectivity index (χ1n) is 4.50. The summed E-state index contributed by atoms with van der Waals surface area (Å²) >= 11 is 0. The van der Waals surface area contributed by atoms with Crippen LogP contribution in [-0.4, -0.2) is 23.1 Å². The summed E-state index contributed by atoms with van der Waals surface area (Å²) in [5.41, 5.74) is 7.93. The van der Waals surface area contributed by atoms with Crippen LogP contribution in [0.5, 0.6) is 0 Å². The Kier molecular flexibility index (Phi) is 3.72. The van der Waals surface area contributed by atoms with Gasteiger partial charge in [-0.3, -0.25) is 4.99 Å². The fraction of sp³-hybridized carbons (Fsp3) is 0.200. The van der Waals surface area contributed by atoms with Crippen LogP contribution in [0.25, 0.3) is 0 Å². The highest BCUT2D eigenvalue weighted by Crippen LogP contribution is 2.15. The Morgan fingerprint density at radius 2 is 1.88 bits per heavy atom. The molecule has 17 heavy (non-hydrogen) atoms. The van der Waals surface area contributed by atoms with Crippen molar-refractivity contribution in [1.82, 2.24) is 0 Å². The minimum atomic E-state index is -5.08. The van der Waals surface area contributed by atoms with Crippen molar-refractivity contribution in [2.24, 2.45) is 10.7 Å². The fourth-order valence-electron chi connectivity index (χ4n) is 1.16. The van der Waals surface area contributed by atoms with Crippen LogP contribution in [0.3, 0.4) is 0 Å². The number of alkyl halides is 3. The minimum Gasteiger partial charge on any atom is -0.475 e. The molecule has 2 rings (SSSR count). The molecule has 0 radical (unpaired) electrons. The molecule has 0 spiro atoms. The number of benzene rings is 1. The summed E-state index contributed by atoms with van der Waals surface area (Å²) in [4.78, 5) is 13.0. The molecule has 0 saturated heterocycles. The minimum absolute atomic E-state index is 0.676. The molecule has 3 N–H and O–H groups in total. The summed E-state index contributed by atoms with van der Waals surface area (Å²) in [6, 6.07) is 8.04. The lowest BCUT2D eigenvalue weighted by atomic mass is 10.1. The molecule has 4 nitrogen and oxygen atoms in total. The summed E-state index contributed by atoms with van der Waals surface area (Å²) in [5.74, 6) is -2.08. The number of aliphatic carboxylic acids is 1. The lowest BCUT2D eigenvalue weighted by molar-refractivity contribution is -0.192. The SMILES string of the molecule is NC1=NCc2ccccc21.O=C(O)C(F)(F)F. The van der Waals surface area contributed by atoms with Crippen LogP contribution < -0.4 is 5.73 Å². The van der Waals surface area contributed by atoms with E-state index in [0.29, 0.717) is 5.84 Å². The van der Waals surface area contributed by atoms with E-state index in [1.807, 2.05) is 18.2 Å². The van der Waals surface area contributed by atoms with E-state index in [1.165, 1.54) is 5.56 Å². The van der Waals surface area contributed by atoms with Gasteiger partial charge < -0.3 is 10.8 Å². The zero-order valence-corrected chi connectivity index (χ0v) is 8.53. The maximum Gasteiger partial charge on any atom is 0.490 e. The molecule has 1 aliphatic rings. The van der Waals surface area contributed by atoms with E-state index < -0.39 is 12.1 Å². The van der Waals surface area contributed by atoms with Crippen LogP contribution >= 0.6 is 0 Å². The van der Waals surface area contributed by atoms with Crippen molar-refractivity contribution in [2.45, 2.75) is 12.7 Å². The average Bonchev–Trinajstić information content (AvgIpc) is 2.61. The number of rotatable bonds is 0. The topological polar surface area (TPSA) is 75.7 Å². The first-order valence-corrected chi connectivity index (χ1v) is 4.50. The molecular weight excluding hydrogens is 237 g/mol. The maximum atomic E-state index is 10.6. The summed E-state index contributed by atoms with van der Waals surface area (Å²) in [6.45, 7) is 0.752. The Balaban J connectivity index is 0.000000185. The number of nitrogens with zero attached hydrogens (tertiary/aromatic N) is 1. The molecule has 0 aliphatic carbocycles. The van der Waals surface area contributed by atoms with Gasteiger partial charge in [-0.15, -0.1) is 0 Å². The van der Waals surface area contributed by atoms with Crippen molar-refractivity contribution in [2.75, 3.05) is 0 Å². The number of carboxylic acid groups (broad SMARTS) is 1. The Morgan fingerprint density at radius 3 is 2.35 bits per heavy atom. The monoisotopic (exact) mass is 246 g/mol. The van der Waals surface area contributed by atoms with Gasteiger partial charge in [-0.2, -0.15) is 13.2 Å². The van der Waals surface area contributed by atoms with Crippen LogP contribution in [0.4, 0.5) is 13.2 Å². The third kappa shape index (κ3) is 3.47. The van der Waals surface area contributed by atoms with Gasteiger partial charge in [0.2, 0.25) is 0 Å². The van der Waals surface area contributed by atoms with Crippen LogP contribution in [0, 0.1) is 0 Å². The highest BCUT2D eigenvalue weighted by atomic mass is 19.4. The molecule has 0 atom stereocenters. The number of nitrogens with two attached hydrogens (primary N) is 1. The molecule has 0 aromatic heterocycles. The predicted molar refractivity (Wildman–Crippen MR) is 54.6 cm³/mol. The van der Waals surface area contributed by atoms with Gasteiger partial charge in [-0.05, 0) is 5.56 Å². The molecule has 92 valence electrons. The van der Waals surface area contributed by atoms with Crippen LogP contribution in [0.1, 0.15) is 11.1 Å². The second-order valence-corrected chi connectivity index (χ2v) is 3.16. The van der Waals surface area contributed by atoms with E-state index in [0.717, 1.165) is 12.1 Å². The van der Waals surface area contributed by atoms with Crippen LogP contribution in [0.2, 0.25) is 0 Å². The number of amidine groups is 1. The molecule has 7 heteroatoms. The zero-order chi connectivity index (χ0) is 13.1. The van der Waals surface area contributed by atoms with Crippen molar-refractivity contribution in [3.8, 4) is 0 Å². The molecule has 1 heterocycles. The first kappa shape index (κ1) is 13.0. The number of halogens is 3. The normalized spacial score (nSPS) is 13.2. The van der Waals surface area contributed by atoms with E-state index in [4.69, 9.17) is 15.6 Å². The Labute approximate surface area is 94.6 Å². The zero-order valence-electron chi connectivity index (χ0n) is 8.53. The molecule has 0 bridgehead atoms. The summed E-state index contributed by atoms with van der Waals surface area (Å²) in [7, 11) is 0. The van der Waals surface area contributed by atoms with Crippen molar-refractivity contribution in [3.05, 3.63) is 35.4 Å². The summed E-state index contributed by atoms with van der Waals surface area (Å²) in [6.07, 6.45) is -5.08. The van der Waals surface area contributed by atoms with Gasteiger partial charge in [0.25, 0.3) is 0 Å². The highest BCUT2D eigenvalue weighted by Gasteiger charge is 2.38. The number of carbonyl (C=O) groups is 1. The number of aliphatic imine (C=N–C) groups is 1. The van der Waals surface area contributed by atoms with E-state index in [9.17, 15) is 13.2 Å². The average molecular weight is 246 g/mol. The largest absolute Gasteiger partial charge is 0.490 e. The quantitative estimate of drug-likeness (QED) is 0.729. The predicted octanol–water partition coefficient (Wildman–Crippen LogP) is 1.54. The molecular formula is C10H9F3N2O2. The number of hydrogen-bond donors (Lipinski definition) is 2. The summed E-state index contributed by atoms with van der Waals surface area (Å²) < 4.78 is 31.7. The van der Waals surface area contributed by atoms with Gasteiger partial charge in [0.1, 0.15) is 5.84 Å². The lowest BCUT2D eigenvalue weighted by Crippen LogP contribution is -2.21. The third-order valence-electron chi connectivity index (χ3n) is 1.96. The smallest absolute Gasteiger partial charge is 0.475 e. The van der Waals surface area contributed by atoms with Crippen LogP contribution in [0.15, 0.2) is 29.3 Å². The fourth-order valence-corrected chi connectivity index (χ4v) is 1.16. The second kappa shape index (κ2) is 4.86. The van der Waals surface area contributed by atoms with Gasteiger partial charge in [0.15, 0.2) is 0 Å². The molecule has 1 aromatic carbocycles. The van der Waals surface area contributed by atoms with Crippen molar-refractivity contribution in [1.29, 1.82) is 0 Å². The number of carboxylic acids is 1. The Morgan fingerprint density at radius 1 is 1.35 bits per heavy atom. The number of hydrogen-bond acceptors (Lipinski definition) is 3.